The van der Waals surface area contributed by atoms with Crippen LogP contribution in [0.25, 0.3) is 16.6 Å². The molecule has 1 aliphatic heterocycles. The first kappa shape index (κ1) is 17.6. The van der Waals surface area contributed by atoms with E-state index in [1.165, 1.54) is 29.2 Å². The van der Waals surface area contributed by atoms with Gasteiger partial charge in [-0.05, 0) is 47.2 Å². The van der Waals surface area contributed by atoms with E-state index in [0.29, 0.717) is 11.2 Å². The number of carbonyl (C=O) groups excluding carboxylic acids is 2. The summed E-state index contributed by atoms with van der Waals surface area (Å²) in [6.45, 7) is 2.01. The molecular weight excluding hydrogens is 390 g/mol. The minimum Gasteiger partial charge on any atom is -0.272 e. The van der Waals surface area contributed by atoms with Gasteiger partial charge in [0.1, 0.15) is 5.37 Å². The second kappa shape index (κ2) is 6.82. The van der Waals surface area contributed by atoms with Gasteiger partial charge in [0.15, 0.2) is 5.65 Å². The summed E-state index contributed by atoms with van der Waals surface area (Å²) in [4.78, 5) is 29.0. The molecule has 10 heteroatoms. The van der Waals surface area contributed by atoms with Gasteiger partial charge in [-0.2, -0.15) is 4.52 Å². The molecule has 1 unspecified atom stereocenters. The standard InChI is InChI=1S/C19H15N7O2S/c1-11-2-3-13-9-14(17-21-23-24-25(17)15(13)8-11)19-26(16(27)10-29-19)22-18(28)12-4-6-20-7-5-12/h2-9,19H,10H2,1H3,(H,22,28). The Balaban J connectivity index is 1.57. The van der Waals surface area contributed by atoms with Crippen molar-refractivity contribution < 1.29 is 9.59 Å². The molecule has 1 atom stereocenters. The smallest absolute Gasteiger partial charge is 0.270 e. The molecule has 1 N–H and O–H groups in total. The molecule has 4 aromatic rings. The van der Waals surface area contributed by atoms with Crippen LogP contribution in [0.3, 0.4) is 0 Å². The lowest BCUT2D eigenvalue weighted by molar-refractivity contribution is -0.130. The van der Waals surface area contributed by atoms with Gasteiger partial charge in [-0.3, -0.25) is 20.0 Å². The topological polar surface area (TPSA) is 105 Å². The fraction of sp³-hybridized carbons (Fsp3) is 0.158. The molecule has 1 aliphatic rings. The van der Waals surface area contributed by atoms with Crippen LogP contribution in [0, 0.1) is 6.92 Å². The van der Waals surface area contributed by atoms with Crippen LogP contribution in [0.2, 0.25) is 0 Å². The Bertz CT molecular complexity index is 1260. The molecule has 144 valence electrons. The van der Waals surface area contributed by atoms with E-state index in [-0.39, 0.29) is 17.6 Å². The first-order valence-electron chi connectivity index (χ1n) is 8.88. The van der Waals surface area contributed by atoms with Crippen molar-refractivity contribution >= 4 is 40.1 Å². The van der Waals surface area contributed by atoms with Gasteiger partial charge in [0, 0.05) is 28.9 Å². The van der Waals surface area contributed by atoms with Crippen LogP contribution in [-0.4, -0.2) is 47.6 Å². The summed E-state index contributed by atoms with van der Waals surface area (Å²) in [6, 6.07) is 11.2. The van der Waals surface area contributed by atoms with Gasteiger partial charge in [-0.25, -0.2) is 5.01 Å². The first-order chi connectivity index (χ1) is 14.1. The lowest BCUT2D eigenvalue weighted by Crippen LogP contribution is -2.44. The molecule has 0 radical (unpaired) electrons. The van der Waals surface area contributed by atoms with E-state index in [0.717, 1.165) is 22.0 Å². The van der Waals surface area contributed by atoms with Gasteiger partial charge >= 0.3 is 0 Å². The molecule has 2 amide bonds. The molecule has 4 heterocycles. The van der Waals surface area contributed by atoms with Gasteiger partial charge in [0.05, 0.1) is 11.3 Å². The van der Waals surface area contributed by atoms with Crippen LogP contribution < -0.4 is 5.43 Å². The average molecular weight is 405 g/mol. The second-order valence-corrected chi connectivity index (χ2v) is 7.75. The van der Waals surface area contributed by atoms with Gasteiger partial charge in [0.2, 0.25) is 0 Å². The zero-order chi connectivity index (χ0) is 20.0. The molecule has 0 saturated carbocycles. The van der Waals surface area contributed by atoms with E-state index in [4.69, 9.17) is 0 Å². The first-order valence-corrected chi connectivity index (χ1v) is 9.93. The predicted octanol–water partition coefficient (Wildman–Crippen LogP) is 1.90. The SMILES string of the molecule is Cc1ccc2cc(C3SCC(=O)N3NC(=O)c3ccncc3)c3nnnn3c2c1. The third-order valence-electron chi connectivity index (χ3n) is 4.75. The van der Waals surface area contributed by atoms with Crippen molar-refractivity contribution in [3.63, 3.8) is 0 Å². The van der Waals surface area contributed by atoms with Crippen LogP contribution in [0.15, 0.2) is 48.8 Å². The summed E-state index contributed by atoms with van der Waals surface area (Å²) in [6.07, 6.45) is 3.06. The number of rotatable bonds is 3. The van der Waals surface area contributed by atoms with Crippen molar-refractivity contribution in [2.45, 2.75) is 12.3 Å². The molecule has 5 rings (SSSR count). The van der Waals surface area contributed by atoms with Crippen molar-refractivity contribution in [1.29, 1.82) is 0 Å². The van der Waals surface area contributed by atoms with Crippen LogP contribution in [-0.2, 0) is 4.79 Å². The average Bonchev–Trinajstić information content (AvgIpc) is 3.36. The zero-order valence-electron chi connectivity index (χ0n) is 15.3. The molecular formula is C19H15N7O2S. The van der Waals surface area contributed by atoms with E-state index in [9.17, 15) is 9.59 Å². The molecule has 1 aromatic carbocycles. The highest BCUT2D eigenvalue weighted by molar-refractivity contribution is 8.00. The highest BCUT2D eigenvalue weighted by Gasteiger charge is 2.36. The molecule has 0 bridgehead atoms. The minimum absolute atomic E-state index is 0.183. The lowest BCUT2D eigenvalue weighted by Gasteiger charge is -2.25. The molecule has 29 heavy (non-hydrogen) atoms. The van der Waals surface area contributed by atoms with Crippen molar-refractivity contribution in [2.24, 2.45) is 0 Å². The van der Waals surface area contributed by atoms with Crippen LogP contribution in [0.4, 0.5) is 0 Å². The Hall–Kier alpha value is -3.53. The van der Waals surface area contributed by atoms with Crippen LogP contribution in [0.5, 0.6) is 0 Å². The van der Waals surface area contributed by atoms with Gasteiger partial charge < -0.3 is 0 Å². The number of thioether (sulfide) groups is 1. The fourth-order valence-corrected chi connectivity index (χ4v) is 4.47. The summed E-state index contributed by atoms with van der Waals surface area (Å²) < 4.78 is 1.67. The number of hydrazine groups is 1. The van der Waals surface area contributed by atoms with E-state index in [2.05, 4.69) is 25.9 Å². The summed E-state index contributed by atoms with van der Waals surface area (Å²) in [5.41, 5.74) is 6.45. The van der Waals surface area contributed by atoms with E-state index < -0.39 is 5.37 Å². The molecule has 9 nitrogen and oxygen atoms in total. The maximum atomic E-state index is 12.6. The highest BCUT2D eigenvalue weighted by atomic mass is 32.2. The maximum absolute atomic E-state index is 12.6. The third kappa shape index (κ3) is 2.97. The number of nitrogens with zero attached hydrogens (tertiary/aromatic N) is 6. The number of pyridine rings is 2. The quantitative estimate of drug-likeness (QED) is 0.555. The van der Waals surface area contributed by atoms with Crippen molar-refractivity contribution in [3.05, 3.63) is 65.5 Å². The van der Waals surface area contributed by atoms with E-state index in [1.807, 2.05) is 31.2 Å². The summed E-state index contributed by atoms with van der Waals surface area (Å²) in [5.74, 6) is -0.307. The lowest BCUT2D eigenvalue weighted by atomic mass is 10.1. The summed E-state index contributed by atoms with van der Waals surface area (Å²) >= 11 is 1.42. The number of amides is 2. The van der Waals surface area contributed by atoms with E-state index >= 15 is 0 Å². The fourth-order valence-electron chi connectivity index (χ4n) is 3.35. The Labute approximate surface area is 169 Å². The number of tetrazole rings is 1. The second-order valence-electron chi connectivity index (χ2n) is 6.68. The number of aryl methyl sites for hydroxylation is 1. The number of benzene rings is 1. The van der Waals surface area contributed by atoms with Crippen LogP contribution in [0.1, 0.15) is 26.9 Å². The normalized spacial score (nSPS) is 16.7. The van der Waals surface area contributed by atoms with Crippen molar-refractivity contribution in [1.82, 2.24) is 35.5 Å². The van der Waals surface area contributed by atoms with Gasteiger partial charge in [-0.1, -0.05) is 12.1 Å². The minimum atomic E-state index is -0.438. The maximum Gasteiger partial charge on any atom is 0.270 e. The molecule has 3 aromatic heterocycles. The zero-order valence-corrected chi connectivity index (χ0v) is 16.1. The number of hydrogen-bond acceptors (Lipinski definition) is 7. The third-order valence-corrected chi connectivity index (χ3v) is 5.95. The number of nitrogens with one attached hydrogen (secondary N) is 1. The van der Waals surface area contributed by atoms with Crippen LogP contribution >= 0.6 is 11.8 Å². The monoisotopic (exact) mass is 405 g/mol. The highest BCUT2D eigenvalue weighted by Crippen LogP contribution is 2.40. The molecule has 0 spiro atoms. The molecule has 1 fully saturated rings. The predicted molar refractivity (Wildman–Crippen MR) is 107 cm³/mol. The number of carbonyl (C=O) groups is 2. The molecule has 1 saturated heterocycles. The van der Waals surface area contributed by atoms with Gasteiger partial charge in [0.25, 0.3) is 11.8 Å². The largest absolute Gasteiger partial charge is 0.272 e. The Kier molecular flexibility index (Phi) is 4.13. The number of hydrogen-bond donors (Lipinski definition) is 1. The number of aromatic nitrogens is 5. The van der Waals surface area contributed by atoms with E-state index in [1.54, 1.807) is 16.6 Å². The van der Waals surface area contributed by atoms with Crippen molar-refractivity contribution in [2.75, 3.05) is 5.75 Å². The molecule has 0 aliphatic carbocycles. The summed E-state index contributed by atoms with van der Waals surface area (Å²) in [5, 5.41) is 14.0. The Morgan fingerprint density at radius 3 is 2.86 bits per heavy atom. The van der Waals surface area contributed by atoms with Crippen molar-refractivity contribution in [3.8, 4) is 0 Å². The Morgan fingerprint density at radius 2 is 2.03 bits per heavy atom. The Morgan fingerprint density at radius 1 is 1.21 bits per heavy atom. The summed E-state index contributed by atoms with van der Waals surface area (Å²) in [7, 11) is 0. The van der Waals surface area contributed by atoms with Gasteiger partial charge in [-0.15, -0.1) is 16.9 Å². The number of fused-ring (bicyclic) bond motifs is 3.